The van der Waals surface area contributed by atoms with Crippen LogP contribution in [0.4, 0.5) is 6.01 Å². The van der Waals surface area contributed by atoms with Crippen LogP contribution < -0.4 is 10.6 Å². The van der Waals surface area contributed by atoms with Gasteiger partial charge < -0.3 is 19.8 Å². The van der Waals surface area contributed by atoms with Crippen LogP contribution in [0.2, 0.25) is 0 Å². The van der Waals surface area contributed by atoms with Crippen LogP contribution in [0.3, 0.4) is 0 Å². The molecule has 114 valence electrons. The summed E-state index contributed by atoms with van der Waals surface area (Å²) >= 11 is 0. The Morgan fingerprint density at radius 3 is 3.00 bits per heavy atom. The lowest BCUT2D eigenvalue weighted by atomic mass is 10.1. The van der Waals surface area contributed by atoms with Crippen LogP contribution >= 0.6 is 0 Å². The number of rotatable bonds is 9. The molecule has 0 unspecified atom stereocenters. The molecule has 2 aromatic heterocycles. The molecule has 2 aromatic rings. The predicted molar refractivity (Wildman–Crippen MR) is 78.8 cm³/mol. The molecule has 0 saturated carbocycles. The van der Waals surface area contributed by atoms with Crippen molar-refractivity contribution in [3.8, 4) is 0 Å². The van der Waals surface area contributed by atoms with Crippen molar-refractivity contribution in [3.63, 3.8) is 0 Å². The van der Waals surface area contributed by atoms with Crippen molar-refractivity contribution in [2.75, 3.05) is 25.6 Å². The van der Waals surface area contributed by atoms with Gasteiger partial charge in [0, 0.05) is 19.9 Å². The Morgan fingerprint density at radius 2 is 2.19 bits per heavy atom. The first kappa shape index (κ1) is 15.4. The zero-order valence-electron chi connectivity index (χ0n) is 12.4. The molecule has 0 aliphatic carbocycles. The van der Waals surface area contributed by atoms with Crippen molar-refractivity contribution in [1.82, 2.24) is 20.5 Å². The fourth-order valence-electron chi connectivity index (χ4n) is 1.88. The minimum absolute atomic E-state index is 0.409. The van der Waals surface area contributed by atoms with Gasteiger partial charge in [0.05, 0.1) is 25.4 Å². The first-order valence-electron chi connectivity index (χ1n) is 7.02. The van der Waals surface area contributed by atoms with Gasteiger partial charge in [-0.15, -0.1) is 5.10 Å². The summed E-state index contributed by atoms with van der Waals surface area (Å²) < 4.78 is 10.4. The van der Waals surface area contributed by atoms with Crippen molar-refractivity contribution in [2.24, 2.45) is 0 Å². The molecule has 0 radical (unpaired) electrons. The normalized spacial score (nSPS) is 10.8. The lowest BCUT2D eigenvalue weighted by Crippen LogP contribution is -2.18. The van der Waals surface area contributed by atoms with Crippen LogP contribution in [0.25, 0.3) is 0 Å². The zero-order chi connectivity index (χ0) is 14.9. The van der Waals surface area contributed by atoms with Crippen LogP contribution in [-0.4, -0.2) is 35.4 Å². The molecule has 0 aliphatic rings. The third-order valence-electron chi connectivity index (χ3n) is 3.00. The Balaban J connectivity index is 1.82. The topological polar surface area (TPSA) is 85.1 Å². The number of aryl methyl sites for hydroxylation is 1. The molecule has 7 heteroatoms. The van der Waals surface area contributed by atoms with E-state index in [2.05, 4.69) is 38.8 Å². The van der Waals surface area contributed by atoms with E-state index in [1.54, 1.807) is 13.3 Å². The molecule has 2 rings (SSSR count). The van der Waals surface area contributed by atoms with E-state index in [4.69, 9.17) is 9.15 Å². The third kappa shape index (κ3) is 4.80. The highest BCUT2D eigenvalue weighted by atomic mass is 16.5. The van der Waals surface area contributed by atoms with E-state index < -0.39 is 0 Å². The Morgan fingerprint density at radius 1 is 1.29 bits per heavy atom. The van der Waals surface area contributed by atoms with Crippen molar-refractivity contribution < 1.29 is 9.15 Å². The summed E-state index contributed by atoms with van der Waals surface area (Å²) in [6, 6.07) is 4.42. The molecule has 0 spiro atoms. The molecular weight excluding hydrogens is 270 g/mol. The van der Waals surface area contributed by atoms with Crippen molar-refractivity contribution in [3.05, 3.63) is 35.5 Å². The maximum atomic E-state index is 5.49. The van der Waals surface area contributed by atoms with Gasteiger partial charge in [0.1, 0.15) is 0 Å². The molecule has 0 atom stereocenters. The molecule has 0 saturated heterocycles. The van der Waals surface area contributed by atoms with Gasteiger partial charge in [0.2, 0.25) is 5.89 Å². The minimum atomic E-state index is 0.409. The second-order valence-corrected chi connectivity index (χ2v) is 4.49. The Hall–Kier alpha value is -1.99. The van der Waals surface area contributed by atoms with Gasteiger partial charge in [-0.25, -0.2) is 0 Å². The highest BCUT2D eigenvalue weighted by Gasteiger charge is 2.07. The lowest BCUT2D eigenvalue weighted by molar-refractivity contribution is 0.198. The highest BCUT2D eigenvalue weighted by Crippen LogP contribution is 2.10. The first-order valence-corrected chi connectivity index (χ1v) is 7.02. The Bertz CT molecular complexity index is 544. The second kappa shape index (κ2) is 8.33. The molecule has 2 heterocycles. The summed E-state index contributed by atoms with van der Waals surface area (Å²) in [6.07, 6.45) is 2.73. The summed E-state index contributed by atoms with van der Waals surface area (Å²) in [6.45, 7) is 4.61. The molecule has 0 aliphatic heterocycles. The van der Waals surface area contributed by atoms with Gasteiger partial charge in [0.25, 0.3) is 0 Å². The molecule has 21 heavy (non-hydrogen) atoms. The van der Waals surface area contributed by atoms with Gasteiger partial charge in [-0.2, -0.15) is 0 Å². The molecule has 0 aromatic carbocycles. The smallest absolute Gasteiger partial charge is 0.315 e. The standard InChI is InChI=1S/C14H21N5O2/c1-3-11-5-4-6-16-12(11)9-17-14-19-18-13(21-14)10-15-7-8-20-2/h4-6,15H,3,7-10H2,1-2H3,(H,17,19). The quantitative estimate of drug-likeness (QED) is 0.675. The average molecular weight is 291 g/mol. The first-order chi connectivity index (χ1) is 10.3. The molecular formula is C14H21N5O2. The third-order valence-corrected chi connectivity index (χ3v) is 3.00. The SMILES string of the molecule is CCc1cccnc1CNc1nnc(CNCCOC)o1. The maximum absolute atomic E-state index is 5.49. The fourth-order valence-corrected chi connectivity index (χ4v) is 1.88. The number of hydrogen-bond donors (Lipinski definition) is 2. The van der Waals surface area contributed by atoms with E-state index in [0.29, 0.717) is 31.6 Å². The molecule has 0 amide bonds. The van der Waals surface area contributed by atoms with E-state index in [9.17, 15) is 0 Å². The van der Waals surface area contributed by atoms with Gasteiger partial charge in [-0.3, -0.25) is 4.98 Å². The van der Waals surface area contributed by atoms with Crippen LogP contribution in [-0.2, 0) is 24.2 Å². The number of aromatic nitrogens is 3. The van der Waals surface area contributed by atoms with Gasteiger partial charge in [-0.05, 0) is 18.1 Å². The summed E-state index contributed by atoms with van der Waals surface area (Å²) in [5, 5.41) is 14.2. The summed E-state index contributed by atoms with van der Waals surface area (Å²) in [4.78, 5) is 4.36. The molecule has 7 nitrogen and oxygen atoms in total. The van der Waals surface area contributed by atoms with Crippen molar-refractivity contribution >= 4 is 6.01 Å². The van der Waals surface area contributed by atoms with Gasteiger partial charge >= 0.3 is 6.01 Å². The van der Waals surface area contributed by atoms with E-state index in [1.807, 2.05) is 6.07 Å². The highest BCUT2D eigenvalue weighted by molar-refractivity contribution is 5.25. The van der Waals surface area contributed by atoms with E-state index in [1.165, 1.54) is 5.56 Å². The van der Waals surface area contributed by atoms with Crippen molar-refractivity contribution in [1.29, 1.82) is 0 Å². The summed E-state index contributed by atoms with van der Waals surface area (Å²) in [7, 11) is 1.67. The van der Waals surface area contributed by atoms with Gasteiger partial charge in [0.15, 0.2) is 0 Å². The number of nitrogens with one attached hydrogen (secondary N) is 2. The second-order valence-electron chi connectivity index (χ2n) is 4.49. The predicted octanol–water partition coefficient (Wildman–Crippen LogP) is 1.38. The van der Waals surface area contributed by atoms with E-state index in [0.717, 1.165) is 18.7 Å². The number of methoxy groups -OCH3 is 1. The Kier molecular flexibility index (Phi) is 6.11. The van der Waals surface area contributed by atoms with Crippen LogP contribution in [0.1, 0.15) is 24.1 Å². The average Bonchev–Trinajstić information content (AvgIpc) is 2.98. The number of ether oxygens (including phenoxy) is 1. The maximum Gasteiger partial charge on any atom is 0.315 e. The van der Waals surface area contributed by atoms with Crippen LogP contribution in [0.15, 0.2) is 22.7 Å². The largest absolute Gasteiger partial charge is 0.407 e. The number of nitrogens with zero attached hydrogens (tertiary/aromatic N) is 3. The molecule has 0 bridgehead atoms. The fraction of sp³-hybridized carbons (Fsp3) is 0.500. The molecule has 2 N–H and O–H groups in total. The van der Waals surface area contributed by atoms with Gasteiger partial charge in [-0.1, -0.05) is 18.1 Å². The number of pyridine rings is 1. The monoisotopic (exact) mass is 291 g/mol. The lowest BCUT2D eigenvalue weighted by Gasteiger charge is -2.05. The van der Waals surface area contributed by atoms with Crippen molar-refractivity contribution in [2.45, 2.75) is 26.4 Å². The van der Waals surface area contributed by atoms with E-state index >= 15 is 0 Å². The minimum Gasteiger partial charge on any atom is -0.407 e. The number of anilines is 1. The number of hydrogen-bond acceptors (Lipinski definition) is 7. The summed E-state index contributed by atoms with van der Waals surface area (Å²) in [5.41, 5.74) is 2.21. The van der Waals surface area contributed by atoms with Crippen LogP contribution in [0.5, 0.6) is 0 Å². The zero-order valence-corrected chi connectivity index (χ0v) is 12.4. The van der Waals surface area contributed by atoms with E-state index in [-0.39, 0.29) is 0 Å². The summed E-state index contributed by atoms with van der Waals surface area (Å²) in [5.74, 6) is 0.547. The Labute approximate surface area is 124 Å². The van der Waals surface area contributed by atoms with Crippen LogP contribution in [0, 0.1) is 0 Å². The molecule has 0 fully saturated rings.